The first kappa shape index (κ1) is 24.1. The lowest BCUT2D eigenvalue weighted by Crippen LogP contribution is -2.32. The summed E-state index contributed by atoms with van der Waals surface area (Å²) in [7, 11) is 0. The van der Waals surface area contributed by atoms with Crippen molar-refractivity contribution < 1.29 is 14.1 Å². The van der Waals surface area contributed by atoms with Crippen molar-refractivity contribution in [3.05, 3.63) is 84.4 Å². The highest BCUT2D eigenvalue weighted by molar-refractivity contribution is 5.97. The van der Waals surface area contributed by atoms with Gasteiger partial charge in [-0.2, -0.15) is 4.98 Å². The lowest BCUT2D eigenvalue weighted by Gasteiger charge is -2.19. The zero-order valence-corrected chi connectivity index (χ0v) is 21.1. The summed E-state index contributed by atoms with van der Waals surface area (Å²) in [6, 6.07) is 22.4. The summed E-state index contributed by atoms with van der Waals surface area (Å²) in [4.78, 5) is 26.0. The van der Waals surface area contributed by atoms with Gasteiger partial charge >= 0.3 is 6.09 Å². The second-order valence-electron chi connectivity index (χ2n) is 9.71. The molecule has 3 heterocycles. The fourth-order valence-electron chi connectivity index (χ4n) is 3.93. The Labute approximate surface area is 214 Å². The van der Waals surface area contributed by atoms with Gasteiger partial charge in [-0.25, -0.2) is 9.78 Å². The summed E-state index contributed by atoms with van der Waals surface area (Å²) in [5.41, 5.74) is 5.82. The number of ether oxygens (including phenoxy) is 1. The van der Waals surface area contributed by atoms with E-state index in [4.69, 9.17) is 14.2 Å². The molecule has 5 rings (SSSR count). The topological polar surface area (TPSA) is 103 Å². The normalized spacial score (nSPS) is 11.5. The highest BCUT2D eigenvalue weighted by Gasteiger charge is 2.19. The van der Waals surface area contributed by atoms with Crippen molar-refractivity contribution in [2.75, 3.05) is 0 Å². The second kappa shape index (κ2) is 9.81. The molecule has 0 spiro atoms. The Morgan fingerprint density at radius 3 is 2.43 bits per heavy atom. The molecule has 0 radical (unpaired) electrons. The molecule has 8 heteroatoms. The first-order valence-corrected chi connectivity index (χ1v) is 12.0. The van der Waals surface area contributed by atoms with Gasteiger partial charge in [-0.3, -0.25) is 4.98 Å². The maximum atomic E-state index is 12.0. The van der Waals surface area contributed by atoms with Crippen molar-refractivity contribution in [3.8, 4) is 33.9 Å². The molecular formula is C29H27N5O3. The molecule has 37 heavy (non-hydrogen) atoms. The fourth-order valence-corrected chi connectivity index (χ4v) is 3.93. The number of benzene rings is 2. The van der Waals surface area contributed by atoms with Gasteiger partial charge in [0.25, 0.3) is 0 Å². The molecule has 0 unspecified atom stereocenters. The third kappa shape index (κ3) is 5.48. The van der Waals surface area contributed by atoms with Crippen molar-refractivity contribution in [1.29, 1.82) is 0 Å². The number of nitrogens with zero attached hydrogens (tertiary/aromatic N) is 4. The summed E-state index contributed by atoms with van der Waals surface area (Å²) in [5, 5.41) is 7.54. The largest absolute Gasteiger partial charge is 0.444 e. The average Bonchev–Trinajstić information content (AvgIpc) is 3.35. The summed E-state index contributed by atoms with van der Waals surface area (Å²) in [6.45, 7) is 7.50. The molecule has 186 valence electrons. The van der Waals surface area contributed by atoms with Gasteiger partial charge in [0.1, 0.15) is 17.8 Å². The van der Waals surface area contributed by atoms with Crippen LogP contribution in [0.4, 0.5) is 4.79 Å². The predicted molar refractivity (Wildman–Crippen MR) is 142 cm³/mol. The van der Waals surface area contributed by atoms with E-state index in [0.29, 0.717) is 11.5 Å². The van der Waals surface area contributed by atoms with Gasteiger partial charge < -0.3 is 14.6 Å². The first-order chi connectivity index (χ1) is 17.8. The van der Waals surface area contributed by atoms with Gasteiger partial charge in [-0.05, 0) is 45.4 Å². The van der Waals surface area contributed by atoms with Crippen molar-refractivity contribution in [2.24, 2.45) is 0 Å². The lowest BCUT2D eigenvalue weighted by atomic mass is 9.96. The number of pyridine rings is 2. The number of aryl methyl sites for hydroxylation is 1. The molecule has 5 aromatic rings. The molecule has 0 saturated carbocycles. The number of fused-ring (bicyclic) bond motifs is 1. The first-order valence-electron chi connectivity index (χ1n) is 12.0. The van der Waals surface area contributed by atoms with E-state index in [2.05, 4.69) is 69.8 Å². The number of alkyl carbamates (subject to hydrolysis) is 1. The molecule has 0 fully saturated rings. The van der Waals surface area contributed by atoms with E-state index in [-0.39, 0.29) is 12.4 Å². The Hall–Kier alpha value is -4.59. The van der Waals surface area contributed by atoms with E-state index in [1.807, 2.05) is 24.3 Å². The molecule has 0 aliphatic heterocycles. The lowest BCUT2D eigenvalue weighted by molar-refractivity contribution is 0.0518. The van der Waals surface area contributed by atoms with Crippen LogP contribution in [-0.2, 0) is 11.3 Å². The van der Waals surface area contributed by atoms with Crippen LogP contribution in [0.3, 0.4) is 0 Å². The highest BCUT2D eigenvalue weighted by atomic mass is 16.6. The summed E-state index contributed by atoms with van der Waals surface area (Å²) >= 11 is 0. The van der Waals surface area contributed by atoms with Crippen LogP contribution in [0.25, 0.3) is 44.8 Å². The van der Waals surface area contributed by atoms with Gasteiger partial charge in [0.2, 0.25) is 11.7 Å². The standard InChI is InChI=1S/C29H27N5O3/c1-18-10-12-20(13-11-18)25-21(19-8-6-5-7-9-19)16-22-23(32-25)14-15-30-26(22)27-33-24(37-34-27)17-31-28(35)36-29(2,3)4/h5-16H,17H2,1-4H3,(H,31,35). The zero-order chi connectivity index (χ0) is 26.0. The summed E-state index contributed by atoms with van der Waals surface area (Å²) < 4.78 is 10.6. The van der Waals surface area contributed by atoms with E-state index in [0.717, 1.165) is 33.3 Å². The van der Waals surface area contributed by atoms with Gasteiger partial charge in [-0.1, -0.05) is 65.3 Å². The number of hydrogen-bond acceptors (Lipinski definition) is 7. The molecule has 1 N–H and O–H groups in total. The molecule has 2 aromatic carbocycles. The van der Waals surface area contributed by atoms with Crippen LogP contribution in [0.2, 0.25) is 0 Å². The molecule has 0 aliphatic rings. The molecule has 8 nitrogen and oxygen atoms in total. The van der Waals surface area contributed by atoms with E-state index >= 15 is 0 Å². The average molecular weight is 494 g/mol. The van der Waals surface area contributed by atoms with Crippen LogP contribution in [-0.4, -0.2) is 31.8 Å². The number of aromatic nitrogens is 4. The maximum Gasteiger partial charge on any atom is 0.408 e. The molecule has 0 aliphatic carbocycles. The molecular weight excluding hydrogens is 466 g/mol. The minimum absolute atomic E-state index is 0.0395. The van der Waals surface area contributed by atoms with Gasteiger partial charge in [-0.15, -0.1) is 0 Å². The molecule has 0 atom stereocenters. The second-order valence-corrected chi connectivity index (χ2v) is 9.71. The van der Waals surface area contributed by atoms with Crippen LogP contribution in [0, 0.1) is 6.92 Å². The van der Waals surface area contributed by atoms with Crippen LogP contribution in [0.5, 0.6) is 0 Å². The van der Waals surface area contributed by atoms with E-state index in [9.17, 15) is 4.79 Å². The van der Waals surface area contributed by atoms with Crippen molar-refractivity contribution >= 4 is 17.0 Å². The fraction of sp³-hybridized carbons (Fsp3) is 0.207. The number of amides is 1. The Kier molecular flexibility index (Phi) is 6.40. The molecule has 0 saturated heterocycles. The van der Waals surface area contributed by atoms with Gasteiger partial charge in [0.15, 0.2) is 0 Å². The van der Waals surface area contributed by atoms with Crippen LogP contribution >= 0.6 is 0 Å². The minimum Gasteiger partial charge on any atom is -0.444 e. The molecule has 1 amide bonds. The Morgan fingerprint density at radius 1 is 0.946 bits per heavy atom. The van der Waals surface area contributed by atoms with Crippen LogP contribution in [0.15, 0.2) is 77.4 Å². The predicted octanol–water partition coefficient (Wildman–Crippen LogP) is 6.35. The molecule has 3 aromatic heterocycles. The minimum atomic E-state index is -0.599. The number of hydrogen-bond donors (Lipinski definition) is 1. The monoisotopic (exact) mass is 493 g/mol. The Bertz CT molecular complexity index is 1550. The van der Waals surface area contributed by atoms with Crippen molar-refractivity contribution in [1.82, 2.24) is 25.4 Å². The summed E-state index contributed by atoms with van der Waals surface area (Å²) in [5.74, 6) is 0.558. The number of carbonyl (C=O) groups is 1. The number of nitrogens with one attached hydrogen (secondary N) is 1. The third-order valence-corrected chi connectivity index (χ3v) is 5.62. The summed E-state index contributed by atoms with van der Waals surface area (Å²) in [6.07, 6.45) is 1.12. The van der Waals surface area contributed by atoms with E-state index in [1.54, 1.807) is 27.0 Å². The van der Waals surface area contributed by atoms with E-state index < -0.39 is 11.7 Å². The smallest absolute Gasteiger partial charge is 0.408 e. The van der Waals surface area contributed by atoms with E-state index in [1.165, 1.54) is 5.56 Å². The number of rotatable bonds is 5. The highest BCUT2D eigenvalue weighted by Crippen LogP contribution is 2.35. The molecule has 0 bridgehead atoms. The van der Waals surface area contributed by atoms with Crippen LogP contribution < -0.4 is 5.32 Å². The maximum absolute atomic E-state index is 12.0. The quantitative estimate of drug-likeness (QED) is 0.304. The third-order valence-electron chi connectivity index (χ3n) is 5.62. The van der Waals surface area contributed by atoms with Gasteiger partial charge in [0.05, 0.1) is 11.2 Å². The zero-order valence-electron chi connectivity index (χ0n) is 21.1. The number of carbonyl (C=O) groups excluding carboxylic acids is 1. The van der Waals surface area contributed by atoms with Gasteiger partial charge in [0, 0.05) is 22.7 Å². The van der Waals surface area contributed by atoms with Crippen LogP contribution in [0.1, 0.15) is 32.2 Å². The Morgan fingerprint density at radius 2 is 1.70 bits per heavy atom. The SMILES string of the molecule is Cc1ccc(-c2nc3ccnc(-c4noc(CNC(=O)OC(C)(C)C)n4)c3cc2-c2ccccc2)cc1. The van der Waals surface area contributed by atoms with Crippen molar-refractivity contribution in [2.45, 2.75) is 39.8 Å². The van der Waals surface area contributed by atoms with Crippen molar-refractivity contribution in [3.63, 3.8) is 0 Å². The Balaban J connectivity index is 1.54.